The van der Waals surface area contributed by atoms with Gasteiger partial charge in [0.05, 0.1) is 0 Å². The van der Waals surface area contributed by atoms with Gasteiger partial charge in [-0.1, -0.05) is 78.1 Å². The second kappa shape index (κ2) is 40.2. The first-order chi connectivity index (χ1) is 13.4. The number of carboxylic acids is 2. The summed E-state index contributed by atoms with van der Waals surface area (Å²) < 4.78 is 0. The zero-order chi connectivity index (χ0) is 21.9. The molecule has 170 valence electrons. The number of nitrogens with one attached hydrogen (secondary N) is 2. The van der Waals surface area contributed by atoms with E-state index in [9.17, 15) is 0 Å². The predicted octanol–water partition coefficient (Wildman–Crippen LogP) is -3.59. The molecule has 0 aromatic heterocycles. The van der Waals surface area contributed by atoms with Crippen LogP contribution in [-0.4, -0.2) is 38.1 Å². The first kappa shape index (κ1) is 41.1. The van der Waals surface area contributed by atoms with Gasteiger partial charge < -0.3 is 30.4 Å². The SMILES string of the molecule is CC(=O)[O-].CC(=O)[O-].CCCCCCCCNCCNCCCCCCCC.[Na+].[Na+]. The molecule has 0 radical (unpaired) electrons. The van der Waals surface area contributed by atoms with Gasteiger partial charge in [0.1, 0.15) is 0 Å². The Hall–Kier alpha value is 0.860. The van der Waals surface area contributed by atoms with E-state index in [0.29, 0.717) is 0 Å². The van der Waals surface area contributed by atoms with E-state index in [0.717, 1.165) is 26.9 Å². The zero-order valence-corrected chi connectivity index (χ0v) is 24.9. The van der Waals surface area contributed by atoms with Crippen LogP contribution >= 0.6 is 0 Å². The second-order valence-electron chi connectivity index (χ2n) is 7.02. The summed E-state index contributed by atoms with van der Waals surface area (Å²) in [6.07, 6.45) is 16.7. The number of carbonyl (C=O) groups excluding carboxylic acids is 2. The molecule has 30 heavy (non-hydrogen) atoms. The molecule has 0 heterocycles. The molecule has 0 saturated carbocycles. The van der Waals surface area contributed by atoms with E-state index in [2.05, 4.69) is 24.5 Å². The van der Waals surface area contributed by atoms with Crippen molar-refractivity contribution in [3.05, 3.63) is 0 Å². The van der Waals surface area contributed by atoms with Crippen LogP contribution in [0.2, 0.25) is 0 Å². The van der Waals surface area contributed by atoms with E-state index >= 15 is 0 Å². The van der Waals surface area contributed by atoms with Crippen LogP contribution in [0.15, 0.2) is 0 Å². The Morgan fingerprint density at radius 3 is 1.03 bits per heavy atom. The zero-order valence-electron chi connectivity index (χ0n) is 20.9. The summed E-state index contributed by atoms with van der Waals surface area (Å²) in [6.45, 7) is 11.2. The van der Waals surface area contributed by atoms with E-state index in [4.69, 9.17) is 19.8 Å². The van der Waals surface area contributed by atoms with Gasteiger partial charge in [0, 0.05) is 25.0 Å². The number of carboxylic acid groups (broad SMARTS) is 2. The molecule has 0 atom stereocenters. The molecule has 0 unspecified atom stereocenters. The van der Waals surface area contributed by atoms with Crippen molar-refractivity contribution >= 4 is 11.9 Å². The number of carbonyl (C=O) groups is 2. The van der Waals surface area contributed by atoms with Crippen LogP contribution < -0.4 is 80.0 Å². The van der Waals surface area contributed by atoms with Crippen molar-refractivity contribution in [2.45, 2.75) is 105 Å². The van der Waals surface area contributed by atoms with Crippen LogP contribution in [0, 0.1) is 0 Å². The molecule has 0 fully saturated rings. The third-order valence-corrected chi connectivity index (χ3v) is 3.89. The number of hydrogen-bond donors (Lipinski definition) is 2. The van der Waals surface area contributed by atoms with Gasteiger partial charge in [-0.25, -0.2) is 0 Å². The van der Waals surface area contributed by atoms with Crippen LogP contribution in [-0.2, 0) is 9.59 Å². The second-order valence-corrected chi connectivity index (χ2v) is 7.02. The fraction of sp³-hybridized carbons (Fsp3) is 0.909. The number of aliphatic carboxylic acids is 2. The average molecular weight is 449 g/mol. The minimum Gasteiger partial charge on any atom is -0.550 e. The standard InChI is InChI=1S/C18H40N2.2C2H4O2.2Na/c1-3-5-7-9-11-13-15-19-17-18-20-16-14-12-10-8-6-4-2;2*1-2(3)4;;/h19-20H,3-18H2,1-2H3;2*1H3,(H,3,4);;/q;;;2*+1/p-2. The normalized spacial score (nSPS) is 9.07. The van der Waals surface area contributed by atoms with Gasteiger partial charge >= 0.3 is 59.1 Å². The quantitative estimate of drug-likeness (QED) is 0.176. The van der Waals surface area contributed by atoms with Gasteiger partial charge in [0.25, 0.3) is 0 Å². The topological polar surface area (TPSA) is 104 Å². The molecular weight excluding hydrogens is 402 g/mol. The largest absolute Gasteiger partial charge is 1.00 e. The van der Waals surface area contributed by atoms with Gasteiger partial charge in [-0.2, -0.15) is 0 Å². The van der Waals surface area contributed by atoms with Crippen LogP contribution in [0.5, 0.6) is 0 Å². The molecule has 0 saturated heterocycles. The summed E-state index contributed by atoms with van der Waals surface area (Å²) in [7, 11) is 0. The minimum atomic E-state index is -1.08. The smallest absolute Gasteiger partial charge is 0.550 e. The van der Waals surface area contributed by atoms with Crippen molar-refractivity contribution < 1.29 is 78.9 Å². The first-order valence-electron chi connectivity index (χ1n) is 11.1. The van der Waals surface area contributed by atoms with Gasteiger partial charge in [0.2, 0.25) is 0 Å². The maximum Gasteiger partial charge on any atom is 1.00 e. The van der Waals surface area contributed by atoms with Gasteiger partial charge in [-0.05, 0) is 39.8 Å². The first-order valence-corrected chi connectivity index (χ1v) is 11.1. The van der Waals surface area contributed by atoms with Crippen molar-refractivity contribution in [3.63, 3.8) is 0 Å². The van der Waals surface area contributed by atoms with E-state index in [1.54, 1.807) is 0 Å². The van der Waals surface area contributed by atoms with Crippen molar-refractivity contribution in [1.29, 1.82) is 0 Å². The minimum absolute atomic E-state index is 0. The Bertz CT molecular complexity index is 286. The van der Waals surface area contributed by atoms with E-state index in [-0.39, 0.29) is 59.1 Å². The average Bonchev–Trinajstić information content (AvgIpc) is 2.60. The molecule has 0 aliphatic rings. The molecule has 0 spiro atoms. The fourth-order valence-electron chi connectivity index (χ4n) is 2.49. The number of rotatable bonds is 17. The fourth-order valence-corrected chi connectivity index (χ4v) is 2.49. The van der Waals surface area contributed by atoms with Crippen LogP contribution in [0.3, 0.4) is 0 Å². The summed E-state index contributed by atoms with van der Waals surface area (Å²) in [5, 5.41) is 24.8. The Morgan fingerprint density at radius 1 is 0.533 bits per heavy atom. The predicted molar refractivity (Wildman–Crippen MR) is 114 cm³/mol. The molecule has 8 heteroatoms. The Balaban J connectivity index is -0.000000178. The Kier molecular flexibility index (Phi) is 55.2. The Labute approximate surface area is 230 Å². The van der Waals surface area contributed by atoms with Crippen molar-refractivity contribution in [2.24, 2.45) is 0 Å². The number of unbranched alkanes of at least 4 members (excludes halogenated alkanes) is 10. The van der Waals surface area contributed by atoms with Crippen molar-refractivity contribution in [2.75, 3.05) is 26.2 Å². The molecule has 0 aliphatic heterocycles. The van der Waals surface area contributed by atoms with E-state index in [1.807, 2.05) is 0 Å². The molecule has 0 aliphatic carbocycles. The molecule has 2 N–H and O–H groups in total. The summed E-state index contributed by atoms with van der Waals surface area (Å²) in [6, 6.07) is 0. The van der Waals surface area contributed by atoms with Crippen LogP contribution in [0.1, 0.15) is 105 Å². The molecule has 0 amide bonds. The van der Waals surface area contributed by atoms with Gasteiger partial charge in [0.15, 0.2) is 0 Å². The summed E-state index contributed by atoms with van der Waals surface area (Å²) in [5.74, 6) is -2.17. The van der Waals surface area contributed by atoms with Crippen molar-refractivity contribution in [3.8, 4) is 0 Å². The summed E-state index contributed by atoms with van der Waals surface area (Å²) in [5.41, 5.74) is 0. The molecule has 6 nitrogen and oxygen atoms in total. The third kappa shape index (κ3) is 70.2. The maximum atomic E-state index is 8.89. The monoisotopic (exact) mass is 448 g/mol. The molecule has 0 rings (SSSR count). The summed E-state index contributed by atoms with van der Waals surface area (Å²) >= 11 is 0. The molecule has 0 aromatic carbocycles. The van der Waals surface area contributed by atoms with E-state index in [1.165, 1.54) is 90.1 Å². The van der Waals surface area contributed by atoms with Gasteiger partial charge in [-0.3, -0.25) is 0 Å². The van der Waals surface area contributed by atoms with Crippen molar-refractivity contribution in [1.82, 2.24) is 10.6 Å². The summed E-state index contributed by atoms with van der Waals surface area (Å²) in [4.78, 5) is 17.8. The van der Waals surface area contributed by atoms with Crippen LogP contribution in [0.25, 0.3) is 0 Å². The molecule has 0 bridgehead atoms. The molecule has 0 aromatic rings. The molecular formula is C22H46N2Na2O4. The van der Waals surface area contributed by atoms with Crippen LogP contribution in [0.4, 0.5) is 0 Å². The maximum absolute atomic E-state index is 8.89. The Morgan fingerprint density at radius 2 is 0.767 bits per heavy atom. The van der Waals surface area contributed by atoms with Gasteiger partial charge in [-0.15, -0.1) is 0 Å². The third-order valence-electron chi connectivity index (χ3n) is 3.89. The van der Waals surface area contributed by atoms with E-state index < -0.39 is 11.9 Å². The number of hydrogen-bond acceptors (Lipinski definition) is 6.